The molecule has 6 nitrogen and oxygen atoms in total. The third-order valence-corrected chi connectivity index (χ3v) is 2.64. The van der Waals surface area contributed by atoms with Gasteiger partial charge in [-0.3, -0.25) is 4.68 Å². The molecule has 0 unspecified atom stereocenters. The minimum atomic E-state index is -0.382. The lowest BCUT2D eigenvalue weighted by Crippen LogP contribution is -2.11. The number of rotatable bonds is 4. The van der Waals surface area contributed by atoms with Gasteiger partial charge in [0.1, 0.15) is 5.69 Å². The molecule has 0 amide bonds. The van der Waals surface area contributed by atoms with Crippen LogP contribution in [-0.4, -0.2) is 32.3 Å². The Morgan fingerprint density at radius 2 is 2.21 bits per heavy atom. The van der Waals surface area contributed by atoms with Gasteiger partial charge in [0.15, 0.2) is 5.82 Å². The molecule has 0 bridgehead atoms. The van der Waals surface area contributed by atoms with Crippen molar-refractivity contribution < 1.29 is 9.53 Å². The fourth-order valence-corrected chi connectivity index (χ4v) is 1.72. The van der Waals surface area contributed by atoms with Gasteiger partial charge in [-0.25, -0.2) is 14.8 Å². The maximum atomic E-state index is 11.8. The van der Waals surface area contributed by atoms with Crippen LogP contribution < -0.4 is 0 Å². The predicted octanol–water partition coefficient (Wildman–Crippen LogP) is 1.62. The average Bonchev–Trinajstić information content (AvgIpc) is 2.85. The van der Waals surface area contributed by atoms with Gasteiger partial charge >= 0.3 is 5.97 Å². The van der Waals surface area contributed by atoms with Crippen LogP contribution in [0.2, 0.25) is 0 Å². The highest BCUT2D eigenvalue weighted by molar-refractivity contribution is 5.90. The number of aryl methyl sites for hydroxylation is 2. The lowest BCUT2D eigenvalue weighted by Gasteiger charge is -2.07. The van der Waals surface area contributed by atoms with Crippen LogP contribution in [0.25, 0.3) is 11.5 Å². The normalized spacial score (nSPS) is 10.5. The molecule has 19 heavy (non-hydrogen) atoms. The van der Waals surface area contributed by atoms with E-state index in [1.54, 1.807) is 11.6 Å². The number of esters is 1. The number of aromatic nitrogens is 4. The van der Waals surface area contributed by atoms with E-state index in [1.165, 1.54) is 6.20 Å². The van der Waals surface area contributed by atoms with E-state index in [-0.39, 0.29) is 5.97 Å². The van der Waals surface area contributed by atoms with E-state index in [1.807, 2.05) is 26.2 Å². The molecule has 0 saturated carbocycles. The van der Waals surface area contributed by atoms with Crippen molar-refractivity contribution in [1.29, 1.82) is 0 Å². The zero-order chi connectivity index (χ0) is 13.8. The van der Waals surface area contributed by atoms with E-state index in [4.69, 9.17) is 4.74 Å². The van der Waals surface area contributed by atoms with Crippen molar-refractivity contribution in [2.45, 2.75) is 20.3 Å². The highest BCUT2D eigenvalue weighted by atomic mass is 16.5. The maximum Gasteiger partial charge on any atom is 0.341 e. The Morgan fingerprint density at radius 1 is 1.42 bits per heavy atom. The number of ether oxygens (including phenoxy) is 1. The van der Waals surface area contributed by atoms with E-state index in [0.29, 0.717) is 35.8 Å². The van der Waals surface area contributed by atoms with Crippen molar-refractivity contribution in [1.82, 2.24) is 19.7 Å². The van der Waals surface area contributed by atoms with Gasteiger partial charge in [-0.2, -0.15) is 5.10 Å². The third kappa shape index (κ3) is 2.78. The second-order valence-electron chi connectivity index (χ2n) is 4.00. The molecule has 0 saturated heterocycles. The van der Waals surface area contributed by atoms with E-state index in [2.05, 4.69) is 15.1 Å². The highest BCUT2D eigenvalue weighted by Crippen LogP contribution is 2.15. The van der Waals surface area contributed by atoms with Crippen LogP contribution in [0.4, 0.5) is 0 Å². The molecule has 0 atom stereocenters. The van der Waals surface area contributed by atoms with Crippen molar-refractivity contribution in [2.24, 2.45) is 7.05 Å². The predicted molar refractivity (Wildman–Crippen MR) is 69.6 cm³/mol. The van der Waals surface area contributed by atoms with Crippen molar-refractivity contribution in [3.8, 4) is 11.5 Å². The summed E-state index contributed by atoms with van der Waals surface area (Å²) in [7, 11) is 1.83. The summed E-state index contributed by atoms with van der Waals surface area (Å²) in [5, 5.41) is 4.24. The van der Waals surface area contributed by atoms with Crippen LogP contribution in [-0.2, 0) is 18.2 Å². The molecular weight excluding hydrogens is 244 g/mol. The molecule has 0 aromatic carbocycles. The van der Waals surface area contributed by atoms with Gasteiger partial charge in [-0.1, -0.05) is 6.92 Å². The molecule has 2 heterocycles. The smallest absolute Gasteiger partial charge is 0.341 e. The quantitative estimate of drug-likeness (QED) is 0.781. The van der Waals surface area contributed by atoms with Gasteiger partial charge in [-0.15, -0.1) is 0 Å². The van der Waals surface area contributed by atoms with Crippen molar-refractivity contribution in [3.63, 3.8) is 0 Å². The topological polar surface area (TPSA) is 69.9 Å². The van der Waals surface area contributed by atoms with Crippen LogP contribution in [0.1, 0.15) is 29.9 Å². The summed E-state index contributed by atoms with van der Waals surface area (Å²) in [5.41, 5.74) is 1.78. The summed E-state index contributed by atoms with van der Waals surface area (Å²) in [5.74, 6) is 0.136. The fraction of sp³-hybridized carbons (Fsp3) is 0.385. The Labute approximate surface area is 111 Å². The molecule has 6 heteroatoms. The summed E-state index contributed by atoms with van der Waals surface area (Å²) >= 11 is 0. The second kappa shape index (κ2) is 5.60. The standard InChI is InChI=1S/C13H16N4O2/c1-4-10-9(13(18)19-5-2)8-14-12(15-10)11-6-7-17(3)16-11/h6-8H,4-5H2,1-3H3. The SMILES string of the molecule is CCOC(=O)c1cnc(-c2ccn(C)n2)nc1CC. The molecule has 100 valence electrons. The van der Waals surface area contributed by atoms with E-state index >= 15 is 0 Å². The van der Waals surface area contributed by atoms with E-state index in [0.717, 1.165) is 0 Å². The summed E-state index contributed by atoms with van der Waals surface area (Å²) in [6.45, 7) is 4.05. The average molecular weight is 260 g/mol. The van der Waals surface area contributed by atoms with Crippen molar-refractivity contribution in [3.05, 3.63) is 29.7 Å². The molecule has 2 aromatic rings. The summed E-state index contributed by atoms with van der Waals surface area (Å²) in [4.78, 5) is 20.3. The van der Waals surface area contributed by atoms with Gasteiger partial charge < -0.3 is 4.74 Å². The Hall–Kier alpha value is -2.24. The van der Waals surface area contributed by atoms with Gasteiger partial charge in [-0.05, 0) is 19.4 Å². The Bertz CT molecular complexity index is 592. The number of hydrogen-bond donors (Lipinski definition) is 0. The van der Waals surface area contributed by atoms with Crippen LogP contribution in [0.3, 0.4) is 0 Å². The van der Waals surface area contributed by atoms with Gasteiger partial charge in [0.25, 0.3) is 0 Å². The molecule has 0 fully saturated rings. The summed E-state index contributed by atoms with van der Waals surface area (Å²) in [6.07, 6.45) is 3.97. The molecular formula is C13H16N4O2. The number of nitrogens with zero attached hydrogens (tertiary/aromatic N) is 4. The highest BCUT2D eigenvalue weighted by Gasteiger charge is 2.15. The zero-order valence-electron chi connectivity index (χ0n) is 11.3. The van der Waals surface area contributed by atoms with Crippen molar-refractivity contribution in [2.75, 3.05) is 6.61 Å². The van der Waals surface area contributed by atoms with E-state index < -0.39 is 0 Å². The number of hydrogen-bond acceptors (Lipinski definition) is 5. The second-order valence-corrected chi connectivity index (χ2v) is 4.00. The van der Waals surface area contributed by atoms with Crippen LogP contribution in [0.5, 0.6) is 0 Å². The Balaban J connectivity index is 2.38. The van der Waals surface area contributed by atoms with E-state index in [9.17, 15) is 4.79 Å². The minimum Gasteiger partial charge on any atom is -0.462 e. The van der Waals surface area contributed by atoms with Crippen molar-refractivity contribution >= 4 is 5.97 Å². The largest absolute Gasteiger partial charge is 0.462 e. The number of carbonyl (C=O) groups is 1. The summed E-state index contributed by atoms with van der Waals surface area (Å²) in [6, 6.07) is 1.83. The first kappa shape index (κ1) is 13.2. The molecule has 0 aliphatic heterocycles. The van der Waals surface area contributed by atoms with Crippen LogP contribution in [0.15, 0.2) is 18.5 Å². The molecule has 0 spiro atoms. The molecule has 0 aliphatic rings. The lowest BCUT2D eigenvalue weighted by atomic mass is 10.2. The molecule has 2 aromatic heterocycles. The Kier molecular flexibility index (Phi) is 3.89. The monoisotopic (exact) mass is 260 g/mol. The lowest BCUT2D eigenvalue weighted by molar-refractivity contribution is 0.0524. The molecule has 2 rings (SSSR count). The van der Waals surface area contributed by atoms with Crippen LogP contribution in [0, 0.1) is 0 Å². The third-order valence-electron chi connectivity index (χ3n) is 2.64. The zero-order valence-corrected chi connectivity index (χ0v) is 11.3. The minimum absolute atomic E-state index is 0.337. The van der Waals surface area contributed by atoms with Crippen LogP contribution >= 0.6 is 0 Å². The molecule has 0 N–H and O–H groups in total. The van der Waals surface area contributed by atoms with Gasteiger partial charge in [0.05, 0.1) is 17.9 Å². The van der Waals surface area contributed by atoms with Gasteiger partial charge in [0, 0.05) is 19.4 Å². The fourth-order valence-electron chi connectivity index (χ4n) is 1.72. The summed E-state index contributed by atoms with van der Waals surface area (Å²) < 4.78 is 6.67. The first-order valence-electron chi connectivity index (χ1n) is 6.18. The maximum absolute atomic E-state index is 11.8. The van der Waals surface area contributed by atoms with Gasteiger partial charge in [0.2, 0.25) is 0 Å². The first-order chi connectivity index (χ1) is 9.15. The Morgan fingerprint density at radius 3 is 2.79 bits per heavy atom. The molecule has 0 aliphatic carbocycles. The first-order valence-corrected chi connectivity index (χ1v) is 6.18. The molecule has 0 radical (unpaired) electrons. The number of carbonyl (C=O) groups excluding carboxylic acids is 1.